The number of nitrogens with one attached hydrogen (secondary N) is 1. The fourth-order valence-electron chi connectivity index (χ4n) is 2.50. The van der Waals surface area contributed by atoms with Crippen LogP contribution in [0.2, 0.25) is 25.7 Å². The number of aromatic amines is 1. The van der Waals surface area contributed by atoms with E-state index in [0.717, 1.165) is 23.2 Å². The third kappa shape index (κ3) is 3.28. The summed E-state index contributed by atoms with van der Waals surface area (Å²) in [5.41, 5.74) is 3.24. The number of nitrogens with zero attached hydrogens (tertiary/aromatic N) is 2. The molecule has 0 radical (unpaired) electrons. The molecule has 0 saturated carbocycles. The van der Waals surface area contributed by atoms with Gasteiger partial charge in [-0.1, -0.05) is 19.6 Å². The Hall–Kier alpha value is -1.37. The molecule has 1 N–H and O–H groups in total. The molecule has 0 fully saturated rings. The van der Waals surface area contributed by atoms with Crippen LogP contribution in [0.5, 0.6) is 0 Å². The number of aromatic nitrogens is 2. The Morgan fingerprint density at radius 2 is 2.29 bits per heavy atom. The van der Waals surface area contributed by atoms with Gasteiger partial charge in [0.1, 0.15) is 19.1 Å². The van der Waals surface area contributed by atoms with E-state index in [2.05, 4.69) is 40.6 Å². The van der Waals surface area contributed by atoms with E-state index >= 15 is 0 Å². The topological polar surface area (TPSA) is 50.4 Å². The van der Waals surface area contributed by atoms with E-state index in [9.17, 15) is 0 Å². The Kier molecular flexibility index (Phi) is 4.01. The Balaban J connectivity index is 1.72. The molecule has 0 bridgehead atoms. The largest absolute Gasteiger partial charge is 0.361 e. The zero-order valence-electron chi connectivity index (χ0n) is 13.0. The van der Waals surface area contributed by atoms with Crippen LogP contribution in [0, 0.1) is 0 Å². The van der Waals surface area contributed by atoms with Crippen molar-refractivity contribution in [2.24, 2.45) is 0 Å². The molecule has 0 atom stereocenters. The summed E-state index contributed by atoms with van der Waals surface area (Å²) in [6.45, 7) is 9.68. The minimum Gasteiger partial charge on any atom is -0.361 e. The summed E-state index contributed by atoms with van der Waals surface area (Å²) in [5.74, 6) is 0. The smallest absolute Gasteiger partial charge is 0.139 e. The van der Waals surface area contributed by atoms with Gasteiger partial charge in [-0.25, -0.2) is 4.98 Å². The number of fused-ring (bicyclic) bond motifs is 3. The highest BCUT2D eigenvalue weighted by molar-refractivity contribution is 6.76. The Labute approximate surface area is 126 Å². The van der Waals surface area contributed by atoms with Gasteiger partial charge in [0.25, 0.3) is 0 Å². The Bertz CT molecular complexity index is 621. The molecular weight excluding hydrogens is 282 g/mol. The standard InChI is InChI=1S/C15H23N3O2Si/c1-21(2,3)7-6-19-10-18-11-20-9-12-8-17-15-13(14(12)18)4-5-16-15/h4-5,8H,6-7,9-11H2,1-3H3,(H,16,17). The fraction of sp³-hybridized carbons (Fsp3) is 0.533. The van der Waals surface area contributed by atoms with Crippen LogP contribution in [-0.4, -0.2) is 38.1 Å². The van der Waals surface area contributed by atoms with Gasteiger partial charge in [0.15, 0.2) is 0 Å². The van der Waals surface area contributed by atoms with Gasteiger partial charge >= 0.3 is 0 Å². The minimum absolute atomic E-state index is 0.571. The van der Waals surface area contributed by atoms with Crippen molar-refractivity contribution in [2.75, 3.05) is 25.0 Å². The molecule has 21 heavy (non-hydrogen) atoms. The SMILES string of the molecule is C[Si](C)(C)CCOCN1COCc2cnc3[nH]ccc3c21. The summed E-state index contributed by atoms with van der Waals surface area (Å²) in [5, 5.41) is 1.14. The molecule has 3 heterocycles. The van der Waals surface area contributed by atoms with Crippen LogP contribution in [-0.2, 0) is 16.1 Å². The second-order valence-corrected chi connectivity index (χ2v) is 12.4. The monoisotopic (exact) mass is 305 g/mol. The molecule has 0 unspecified atom stereocenters. The summed E-state index contributed by atoms with van der Waals surface area (Å²) in [4.78, 5) is 9.74. The first-order chi connectivity index (χ1) is 10.0. The Morgan fingerprint density at radius 1 is 1.43 bits per heavy atom. The predicted octanol–water partition coefficient (Wildman–Crippen LogP) is 3.17. The third-order valence-electron chi connectivity index (χ3n) is 3.70. The van der Waals surface area contributed by atoms with Crippen molar-refractivity contribution in [3.8, 4) is 0 Å². The van der Waals surface area contributed by atoms with Crippen LogP contribution in [0.25, 0.3) is 11.0 Å². The number of hydrogen-bond donors (Lipinski definition) is 1. The van der Waals surface area contributed by atoms with Crippen molar-refractivity contribution in [1.29, 1.82) is 0 Å². The lowest BCUT2D eigenvalue weighted by atomic mass is 10.1. The van der Waals surface area contributed by atoms with Crippen molar-refractivity contribution >= 4 is 24.8 Å². The minimum atomic E-state index is -1.04. The first-order valence-corrected chi connectivity index (χ1v) is 11.1. The molecular formula is C15H23N3O2Si. The van der Waals surface area contributed by atoms with E-state index in [0.29, 0.717) is 20.1 Å². The first-order valence-electron chi connectivity index (χ1n) is 7.40. The van der Waals surface area contributed by atoms with Gasteiger partial charge < -0.3 is 19.4 Å². The fourth-order valence-corrected chi connectivity index (χ4v) is 3.26. The van der Waals surface area contributed by atoms with E-state index in [1.54, 1.807) is 0 Å². The lowest BCUT2D eigenvalue weighted by molar-refractivity contribution is 0.0722. The molecule has 2 aromatic rings. The van der Waals surface area contributed by atoms with Gasteiger partial charge in [-0.05, 0) is 12.1 Å². The van der Waals surface area contributed by atoms with E-state index < -0.39 is 8.07 Å². The maximum Gasteiger partial charge on any atom is 0.139 e. The summed E-state index contributed by atoms with van der Waals surface area (Å²) >= 11 is 0. The number of rotatable bonds is 5. The lowest BCUT2D eigenvalue weighted by Crippen LogP contribution is -2.34. The van der Waals surface area contributed by atoms with Crippen molar-refractivity contribution < 1.29 is 9.47 Å². The number of ether oxygens (including phenoxy) is 2. The molecule has 1 aliphatic rings. The van der Waals surface area contributed by atoms with E-state index in [1.807, 2.05) is 12.4 Å². The highest BCUT2D eigenvalue weighted by atomic mass is 28.3. The molecule has 0 saturated heterocycles. The van der Waals surface area contributed by atoms with Gasteiger partial charge in [0, 0.05) is 38.0 Å². The van der Waals surface area contributed by atoms with Gasteiger partial charge in [-0.2, -0.15) is 0 Å². The molecule has 5 nitrogen and oxygen atoms in total. The van der Waals surface area contributed by atoms with Crippen LogP contribution in [0.4, 0.5) is 5.69 Å². The molecule has 0 spiro atoms. The second-order valence-electron chi connectivity index (χ2n) is 6.74. The number of anilines is 1. The first kappa shape index (κ1) is 14.6. The van der Waals surface area contributed by atoms with Crippen molar-refractivity contribution in [3.63, 3.8) is 0 Å². The maximum atomic E-state index is 5.88. The van der Waals surface area contributed by atoms with E-state index in [4.69, 9.17) is 9.47 Å². The molecule has 114 valence electrons. The molecule has 3 rings (SSSR count). The molecule has 0 aliphatic carbocycles. The third-order valence-corrected chi connectivity index (χ3v) is 5.40. The molecule has 0 amide bonds. The number of H-pyrrole nitrogens is 1. The quantitative estimate of drug-likeness (QED) is 0.681. The summed E-state index contributed by atoms with van der Waals surface area (Å²) in [6, 6.07) is 3.26. The highest BCUT2D eigenvalue weighted by Gasteiger charge is 2.21. The van der Waals surface area contributed by atoms with Crippen LogP contribution in [0.3, 0.4) is 0 Å². The average molecular weight is 305 g/mol. The van der Waals surface area contributed by atoms with Crippen LogP contribution in [0.15, 0.2) is 18.5 Å². The molecule has 2 aromatic heterocycles. The summed E-state index contributed by atoms with van der Waals surface area (Å²) in [6.07, 6.45) is 3.82. The van der Waals surface area contributed by atoms with Crippen LogP contribution in [0.1, 0.15) is 5.56 Å². The summed E-state index contributed by atoms with van der Waals surface area (Å²) < 4.78 is 11.5. The van der Waals surface area contributed by atoms with Gasteiger partial charge in [0.05, 0.1) is 12.3 Å². The maximum absolute atomic E-state index is 5.88. The van der Waals surface area contributed by atoms with Crippen molar-refractivity contribution in [3.05, 3.63) is 24.0 Å². The van der Waals surface area contributed by atoms with E-state index in [-0.39, 0.29) is 0 Å². The molecule has 6 heteroatoms. The van der Waals surface area contributed by atoms with Crippen LogP contribution >= 0.6 is 0 Å². The van der Waals surface area contributed by atoms with Gasteiger partial charge in [-0.3, -0.25) is 0 Å². The normalized spacial score (nSPS) is 15.5. The van der Waals surface area contributed by atoms with Gasteiger partial charge in [0.2, 0.25) is 0 Å². The van der Waals surface area contributed by atoms with Crippen LogP contribution < -0.4 is 4.90 Å². The Morgan fingerprint density at radius 3 is 3.10 bits per heavy atom. The summed E-state index contributed by atoms with van der Waals surface area (Å²) in [7, 11) is -1.04. The zero-order valence-corrected chi connectivity index (χ0v) is 14.0. The second kappa shape index (κ2) is 5.79. The van der Waals surface area contributed by atoms with Gasteiger partial charge in [-0.15, -0.1) is 0 Å². The van der Waals surface area contributed by atoms with Crippen molar-refractivity contribution in [1.82, 2.24) is 9.97 Å². The average Bonchev–Trinajstić information content (AvgIpc) is 2.91. The zero-order chi connectivity index (χ0) is 14.9. The van der Waals surface area contributed by atoms with E-state index in [1.165, 1.54) is 11.7 Å². The lowest BCUT2D eigenvalue weighted by Gasteiger charge is -2.31. The molecule has 0 aromatic carbocycles. The predicted molar refractivity (Wildman–Crippen MR) is 87.2 cm³/mol. The van der Waals surface area contributed by atoms with Crippen molar-refractivity contribution in [2.45, 2.75) is 32.3 Å². The number of pyridine rings is 1. The highest BCUT2D eigenvalue weighted by Crippen LogP contribution is 2.32. The number of hydrogen-bond acceptors (Lipinski definition) is 4. The molecule has 1 aliphatic heterocycles.